The van der Waals surface area contributed by atoms with Crippen molar-refractivity contribution in [3.63, 3.8) is 0 Å². The summed E-state index contributed by atoms with van der Waals surface area (Å²) < 4.78 is 1.77. The molecule has 2 heterocycles. The van der Waals surface area contributed by atoms with Crippen molar-refractivity contribution < 1.29 is 0 Å². The van der Waals surface area contributed by atoms with Crippen LogP contribution in [-0.2, 0) is 6.54 Å². The first-order chi connectivity index (χ1) is 18.0. The highest BCUT2D eigenvalue weighted by Crippen LogP contribution is 2.28. The van der Waals surface area contributed by atoms with Crippen molar-refractivity contribution in [3.8, 4) is 36.6 Å². The molecule has 37 heavy (non-hydrogen) atoms. The second kappa shape index (κ2) is 14.6. The number of amidine groups is 1. The molecule has 1 aliphatic carbocycles. The largest absolute Gasteiger partial charge is 0.383 e. The first-order valence-electron chi connectivity index (χ1n) is 12.0. The van der Waals surface area contributed by atoms with Gasteiger partial charge in [-0.1, -0.05) is 25.3 Å². The van der Waals surface area contributed by atoms with Gasteiger partial charge in [0, 0.05) is 30.6 Å². The summed E-state index contributed by atoms with van der Waals surface area (Å²) in [5.41, 5.74) is 10.9. The van der Waals surface area contributed by atoms with E-state index in [-0.39, 0.29) is 11.4 Å². The van der Waals surface area contributed by atoms with Gasteiger partial charge in [0.25, 0.3) is 5.56 Å². The monoisotopic (exact) mass is 496 g/mol. The molecular weight excluding hydrogens is 464 g/mol. The lowest BCUT2D eigenvalue weighted by Crippen LogP contribution is -2.29. The summed E-state index contributed by atoms with van der Waals surface area (Å²) in [6, 6.07) is 10.1. The molecule has 0 saturated heterocycles. The van der Waals surface area contributed by atoms with Crippen LogP contribution in [0.3, 0.4) is 0 Å². The highest BCUT2D eigenvalue weighted by molar-refractivity contribution is 6.03. The van der Waals surface area contributed by atoms with Crippen molar-refractivity contribution >= 4 is 17.2 Å². The molecule has 9 heteroatoms. The second-order valence-electron chi connectivity index (χ2n) is 8.47. The van der Waals surface area contributed by atoms with Crippen LogP contribution in [0.15, 0.2) is 52.6 Å². The van der Waals surface area contributed by atoms with Gasteiger partial charge in [0.15, 0.2) is 0 Å². The SMILES string of the molecule is C#C.C#N.Cc1cc(N=C(N)c2c(NC3CCCCC3)cc[nH]c2=O)ccc1-c1cnn(CCC#N)c1. The molecule has 2 aromatic heterocycles. The molecule has 0 aliphatic heterocycles. The van der Waals surface area contributed by atoms with Gasteiger partial charge in [-0.25, -0.2) is 10.3 Å². The van der Waals surface area contributed by atoms with Gasteiger partial charge in [0.2, 0.25) is 0 Å². The van der Waals surface area contributed by atoms with Crippen molar-refractivity contribution in [2.75, 3.05) is 5.32 Å². The van der Waals surface area contributed by atoms with Gasteiger partial charge in [-0.15, -0.1) is 12.8 Å². The molecule has 0 radical (unpaired) electrons. The number of nitriles is 2. The lowest BCUT2D eigenvalue weighted by molar-refractivity contribution is 0.462. The topological polar surface area (TPSA) is 149 Å². The number of nitrogens with zero attached hydrogens (tertiary/aromatic N) is 5. The van der Waals surface area contributed by atoms with Crippen LogP contribution in [-0.4, -0.2) is 26.6 Å². The summed E-state index contributed by atoms with van der Waals surface area (Å²) >= 11 is 0. The number of rotatable bonds is 7. The summed E-state index contributed by atoms with van der Waals surface area (Å²) in [6.07, 6.45) is 19.6. The summed E-state index contributed by atoms with van der Waals surface area (Å²) in [5, 5.41) is 23.1. The number of hydrogen-bond donors (Lipinski definition) is 3. The number of terminal acetylenes is 1. The first kappa shape index (κ1) is 28.4. The predicted octanol–water partition coefficient (Wildman–Crippen LogP) is 4.63. The number of benzene rings is 1. The standard InChI is InChI=1S/C25H29N7O.C2H2.CHN/c1-17-14-20(8-9-21(17)18-15-29-32(16-18)13-5-11-26)31-24(27)23-22(10-12-28-25(23)33)30-19-6-3-2-4-7-19;2*1-2/h8-10,12,14-16,19H,2-7,13H2,1H3,(H2,27,31)(H2,28,30,33);1-2H;1H. The van der Waals surface area contributed by atoms with Crippen LogP contribution in [0.4, 0.5) is 11.4 Å². The fourth-order valence-electron chi connectivity index (χ4n) is 4.35. The molecule has 0 amide bonds. The molecule has 0 bridgehead atoms. The van der Waals surface area contributed by atoms with E-state index < -0.39 is 0 Å². The molecule has 0 spiro atoms. The Labute approximate surface area is 217 Å². The number of hydrogen-bond acceptors (Lipinski definition) is 6. The van der Waals surface area contributed by atoms with E-state index in [1.807, 2.05) is 37.4 Å². The van der Waals surface area contributed by atoms with Crippen LogP contribution >= 0.6 is 0 Å². The normalized spacial score (nSPS) is 13.2. The van der Waals surface area contributed by atoms with E-state index in [9.17, 15) is 4.79 Å². The fraction of sp³-hybridized carbons (Fsp3) is 0.321. The lowest BCUT2D eigenvalue weighted by Gasteiger charge is -2.24. The number of anilines is 1. The molecule has 0 unspecified atom stereocenters. The molecule has 9 nitrogen and oxygen atoms in total. The van der Waals surface area contributed by atoms with Crippen molar-refractivity contribution in [2.45, 2.75) is 58.0 Å². The predicted molar refractivity (Wildman–Crippen MR) is 147 cm³/mol. The lowest BCUT2D eigenvalue weighted by atomic mass is 9.95. The molecule has 1 aliphatic rings. The van der Waals surface area contributed by atoms with E-state index >= 15 is 0 Å². The number of nitrogens with two attached hydrogens (primary N) is 1. The maximum Gasteiger partial charge on any atom is 0.261 e. The molecular formula is C28H32N8O. The third kappa shape index (κ3) is 7.59. The molecule has 3 aromatic rings. The average Bonchev–Trinajstić information content (AvgIpc) is 3.39. The molecule has 1 fully saturated rings. The Morgan fingerprint density at radius 3 is 2.68 bits per heavy atom. The van der Waals surface area contributed by atoms with Crippen molar-refractivity contribution in [3.05, 3.63) is 64.3 Å². The number of aromatic nitrogens is 3. The van der Waals surface area contributed by atoms with E-state index in [1.165, 1.54) is 19.3 Å². The zero-order valence-electron chi connectivity index (χ0n) is 21.0. The van der Waals surface area contributed by atoms with Crippen LogP contribution in [0.5, 0.6) is 0 Å². The van der Waals surface area contributed by atoms with Crippen LogP contribution in [0.2, 0.25) is 0 Å². The van der Waals surface area contributed by atoms with E-state index in [0.29, 0.717) is 30.3 Å². The third-order valence-corrected chi connectivity index (χ3v) is 6.04. The summed E-state index contributed by atoms with van der Waals surface area (Å²) in [6.45, 7) is 6.07. The maximum absolute atomic E-state index is 12.6. The van der Waals surface area contributed by atoms with Crippen LogP contribution in [0, 0.1) is 42.9 Å². The number of H-pyrrole nitrogens is 1. The Hall–Kier alpha value is -4.81. The Balaban J connectivity index is 0.00000115. The molecule has 1 saturated carbocycles. The molecule has 1 aromatic carbocycles. The zero-order valence-corrected chi connectivity index (χ0v) is 21.0. The van der Waals surface area contributed by atoms with Gasteiger partial charge in [-0.3, -0.25) is 9.48 Å². The van der Waals surface area contributed by atoms with Gasteiger partial charge in [-0.2, -0.15) is 10.4 Å². The van der Waals surface area contributed by atoms with Gasteiger partial charge >= 0.3 is 0 Å². The highest BCUT2D eigenvalue weighted by atomic mass is 16.1. The smallest absolute Gasteiger partial charge is 0.261 e. The third-order valence-electron chi connectivity index (χ3n) is 6.04. The number of aromatic amines is 1. The van der Waals surface area contributed by atoms with Crippen LogP contribution in [0.25, 0.3) is 11.1 Å². The van der Waals surface area contributed by atoms with Gasteiger partial charge in [0.05, 0.1) is 36.6 Å². The van der Waals surface area contributed by atoms with Crippen molar-refractivity contribution in [2.24, 2.45) is 10.7 Å². The minimum Gasteiger partial charge on any atom is -0.383 e. The molecule has 4 rings (SSSR count). The number of nitrogens with one attached hydrogen (secondary N) is 2. The fourth-order valence-corrected chi connectivity index (χ4v) is 4.35. The Morgan fingerprint density at radius 1 is 1.27 bits per heavy atom. The quantitative estimate of drug-likeness (QED) is 0.247. The number of pyridine rings is 1. The molecule has 0 atom stereocenters. The van der Waals surface area contributed by atoms with E-state index in [1.54, 1.807) is 17.1 Å². The van der Waals surface area contributed by atoms with Crippen molar-refractivity contribution in [1.29, 1.82) is 10.5 Å². The van der Waals surface area contributed by atoms with Gasteiger partial charge in [0.1, 0.15) is 11.4 Å². The molecule has 190 valence electrons. The Morgan fingerprint density at radius 2 is 2.00 bits per heavy atom. The average molecular weight is 497 g/mol. The second-order valence-corrected chi connectivity index (χ2v) is 8.47. The summed E-state index contributed by atoms with van der Waals surface area (Å²) in [5.74, 6) is 0.187. The van der Waals surface area contributed by atoms with E-state index in [0.717, 1.165) is 35.2 Å². The maximum atomic E-state index is 12.6. The summed E-state index contributed by atoms with van der Waals surface area (Å²) in [7, 11) is 0. The Bertz CT molecular complexity index is 1330. The zero-order chi connectivity index (χ0) is 27.2. The minimum atomic E-state index is -0.254. The Kier molecular flexibility index (Phi) is 11.2. The number of aliphatic imine (C=N–C) groups is 1. The first-order valence-corrected chi connectivity index (χ1v) is 12.0. The number of aryl methyl sites for hydroxylation is 2. The minimum absolute atomic E-state index is 0.187. The summed E-state index contributed by atoms with van der Waals surface area (Å²) in [4.78, 5) is 19.9. The van der Waals surface area contributed by atoms with Crippen LogP contribution in [0.1, 0.15) is 49.7 Å². The highest BCUT2D eigenvalue weighted by Gasteiger charge is 2.18. The van der Waals surface area contributed by atoms with Gasteiger partial charge in [-0.05, 0) is 49.1 Å². The van der Waals surface area contributed by atoms with Crippen LogP contribution < -0.4 is 16.6 Å². The van der Waals surface area contributed by atoms with Crippen molar-refractivity contribution in [1.82, 2.24) is 14.8 Å². The van der Waals surface area contributed by atoms with Gasteiger partial charge < -0.3 is 16.0 Å². The van der Waals surface area contributed by atoms with E-state index in [2.05, 4.69) is 45.9 Å². The molecule has 4 N–H and O–H groups in total. The van der Waals surface area contributed by atoms with E-state index in [4.69, 9.17) is 16.3 Å².